The molecule has 0 fully saturated rings. The maximum absolute atomic E-state index is 13.4. The molecule has 0 saturated carbocycles. The predicted octanol–water partition coefficient (Wildman–Crippen LogP) is 4.88. The van der Waals surface area contributed by atoms with Gasteiger partial charge in [0.1, 0.15) is 0 Å². The van der Waals surface area contributed by atoms with E-state index in [2.05, 4.69) is 5.32 Å². The van der Waals surface area contributed by atoms with Crippen LogP contribution in [0.2, 0.25) is 10.0 Å². The fraction of sp³-hybridized carbons (Fsp3) is 0.0769. The number of anilines is 1. The van der Waals surface area contributed by atoms with Gasteiger partial charge in [-0.25, -0.2) is 8.78 Å². The zero-order valence-electron chi connectivity index (χ0n) is 9.18. The summed E-state index contributed by atoms with van der Waals surface area (Å²) in [5.74, 6) is -1.80. The molecule has 2 aromatic rings. The second kappa shape index (κ2) is 5.55. The summed E-state index contributed by atoms with van der Waals surface area (Å²) < 4.78 is 26.4. The van der Waals surface area contributed by atoms with Gasteiger partial charge in [-0.2, -0.15) is 0 Å². The van der Waals surface area contributed by atoms with Gasteiger partial charge in [0, 0.05) is 6.54 Å². The molecular formula is C13H9Cl2F2N. The van der Waals surface area contributed by atoms with Crippen molar-refractivity contribution >= 4 is 28.9 Å². The molecule has 0 aliphatic carbocycles. The molecule has 0 aliphatic heterocycles. The second-order valence-corrected chi connectivity index (χ2v) is 4.45. The third-order valence-electron chi connectivity index (χ3n) is 2.45. The molecule has 5 heteroatoms. The molecule has 1 nitrogen and oxygen atoms in total. The van der Waals surface area contributed by atoms with Crippen LogP contribution >= 0.6 is 23.2 Å². The molecule has 0 bridgehead atoms. The first-order valence-electron chi connectivity index (χ1n) is 5.20. The van der Waals surface area contributed by atoms with Crippen molar-refractivity contribution in [1.29, 1.82) is 0 Å². The summed E-state index contributed by atoms with van der Waals surface area (Å²) in [6.07, 6.45) is 0. The van der Waals surface area contributed by atoms with Crippen LogP contribution in [-0.2, 0) is 6.54 Å². The Kier molecular flexibility index (Phi) is 4.04. The van der Waals surface area contributed by atoms with Gasteiger partial charge in [0.05, 0.1) is 15.7 Å². The molecule has 2 aromatic carbocycles. The molecular weight excluding hydrogens is 279 g/mol. The molecule has 1 N–H and O–H groups in total. The van der Waals surface area contributed by atoms with Crippen LogP contribution in [0.15, 0.2) is 36.4 Å². The van der Waals surface area contributed by atoms with Crippen molar-refractivity contribution in [2.45, 2.75) is 6.54 Å². The Morgan fingerprint density at radius 3 is 2.50 bits per heavy atom. The number of nitrogens with one attached hydrogen (secondary N) is 1. The van der Waals surface area contributed by atoms with Crippen LogP contribution in [0.5, 0.6) is 0 Å². The zero-order chi connectivity index (χ0) is 13.1. The first-order valence-corrected chi connectivity index (χ1v) is 5.96. The fourth-order valence-corrected chi connectivity index (χ4v) is 1.90. The predicted molar refractivity (Wildman–Crippen MR) is 70.1 cm³/mol. The van der Waals surface area contributed by atoms with Gasteiger partial charge in [0.25, 0.3) is 0 Å². The standard InChI is InChI=1S/C13H9Cl2F2N/c14-9-4-1-3-8(12(9)15)7-18-11-6-2-5-10(16)13(11)17/h1-6,18H,7H2. The Labute approximate surface area is 113 Å². The highest BCUT2D eigenvalue weighted by Crippen LogP contribution is 2.26. The average molecular weight is 288 g/mol. The summed E-state index contributed by atoms with van der Waals surface area (Å²) >= 11 is 11.8. The van der Waals surface area contributed by atoms with Crippen LogP contribution < -0.4 is 5.32 Å². The van der Waals surface area contributed by atoms with E-state index in [0.29, 0.717) is 15.6 Å². The Balaban J connectivity index is 2.17. The summed E-state index contributed by atoms with van der Waals surface area (Å²) in [4.78, 5) is 0. The number of halogens is 4. The van der Waals surface area contributed by atoms with E-state index in [9.17, 15) is 8.78 Å². The third kappa shape index (κ3) is 2.74. The molecule has 0 aromatic heterocycles. The van der Waals surface area contributed by atoms with Gasteiger partial charge >= 0.3 is 0 Å². The summed E-state index contributed by atoms with van der Waals surface area (Å²) in [5, 5.41) is 3.61. The third-order valence-corrected chi connectivity index (χ3v) is 3.31. The maximum Gasteiger partial charge on any atom is 0.181 e. The number of hydrogen-bond donors (Lipinski definition) is 1. The Morgan fingerprint density at radius 2 is 1.72 bits per heavy atom. The molecule has 18 heavy (non-hydrogen) atoms. The van der Waals surface area contributed by atoms with Gasteiger partial charge in [-0.1, -0.05) is 41.4 Å². The molecule has 0 saturated heterocycles. The lowest BCUT2D eigenvalue weighted by molar-refractivity contribution is 0.511. The van der Waals surface area contributed by atoms with E-state index >= 15 is 0 Å². The lowest BCUT2D eigenvalue weighted by Crippen LogP contribution is -2.03. The lowest BCUT2D eigenvalue weighted by atomic mass is 10.2. The molecule has 0 amide bonds. The summed E-state index contributed by atoms with van der Waals surface area (Å²) in [7, 11) is 0. The molecule has 0 atom stereocenters. The average Bonchev–Trinajstić information content (AvgIpc) is 2.36. The van der Waals surface area contributed by atoms with E-state index in [4.69, 9.17) is 23.2 Å². The zero-order valence-corrected chi connectivity index (χ0v) is 10.7. The highest BCUT2D eigenvalue weighted by Gasteiger charge is 2.08. The highest BCUT2D eigenvalue weighted by molar-refractivity contribution is 6.42. The van der Waals surface area contributed by atoms with Gasteiger partial charge in [-0.15, -0.1) is 0 Å². The minimum Gasteiger partial charge on any atom is -0.378 e. The molecule has 0 radical (unpaired) electrons. The second-order valence-electron chi connectivity index (χ2n) is 3.67. The van der Waals surface area contributed by atoms with Crippen LogP contribution in [0.25, 0.3) is 0 Å². The van der Waals surface area contributed by atoms with Gasteiger partial charge in [0.15, 0.2) is 11.6 Å². The van der Waals surface area contributed by atoms with E-state index in [1.165, 1.54) is 12.1 Å². The number of rotatable bonds is 3. The minimum atomic E-state index is -0.907. The van der Waals surface area contributed by atoms with Crippen LogP contribution in [0.1, 0.15) is 5.56 Å². The fourth-order valence-electron chi connectivity index (χ4n) is 1.52. The van der Waals surface area contributed by atoms with E-state index in [0.717, 1.165) is 6.07 Å². The lowest BCUT2D eigenvalue weighted by Gasteiger charge is -2.10. The molecule has 0 spiro atoms. The molecule has 0 heterocycles. The van der Waals surface area contributed by atoms with Crippen molar-refractivity contribution in [1.82, 2.24) is 0 Å². The molecule has 0 aliphatic rings. The SMILES string of the molecule is Fc1cccc(NCc2cccc(Cl)c2Cl)c1F. The summed E-state index contributed by atoms with van der Waals surface area (Å²) in [5.41, 5.74) is 0.805. The van der Waals surface area contributed by atoms with Crippen LogP contribution in [0.4, 0.5) is 14.5 Å². The topological polar surface area (TPSA) is 12.0 Å². The van der Waals surface area contributed by atoms with Crippen molar-refractivity contribution < 1.29 is 8.78 Å². The van der Waals surface area contributed by atoms with Crippen LogP contribution in [-0.4, -0.2) is 0 Å². The maximum atomic E-state index is 13.4. The summed E-state index contributed by atoms with van der Waals surface area (Å²) in [6, 6.07) is 9.12. The quantitative estimate of drug-likeness (QED) is 0.848. The van der Waals surface area contributed by atoms with Crippen molar-refractivity contribution in [3.63, 3.8) is 0 Å². The monoisotopic (exact) mass is 287 g/mol. The Hall–Kier alpha value is -1.32. The first kappa shape index (κ1) is 13.1. The van der Waals surface area contributed by atoms with Crippen molar-refractivity contribution in [3.8, 4) is 0 Å². The van der Waals surface area contributed by atoms with E-state index in [1.54, 1.807) is 18.2 Å². The minimum absolute atomic E-state index is 0.0889. The van der Waals surface area contributed by atoms with Gasteiger partial charge < -0.3 is 5.32 Å². The Morgan fingerprint density at radius 1 is 1.00 bits per heavy atom. The van der Waals surface area contributed by atoms with E-state index in [1.807, 2.05) is 0 Å². The number of hydrogen-bond acceptors (Lipinski definition) is 1. The van der Waals surface area contributed by atoms with Gasteiger partial charge in [-0.05, 0) is 23.8 Å². The normalized spacial score (nSPS) is 10.4. The van der Waals surface area contributed by atoms with E-state index < -0.39 is 11.6 Å². The molecule has 2 rings (SSSR count). The van der Waals surface area contributed by atoms with Crippen molar-refractivity contribution in [2.75, 3.05) is 5.32 Å². The van der Waals surface area contributed by atoms with Gasteiger partial charge in [0.2, 0.25) is 0 Å². The first-order chi connectivity index (χ1) is 8.59. The van der Waals surface area contributed by atoms with Crippen molar-refractivity contribution in [2.24, 2.45) is 0 Å². The highest BCUT2D eigenvalue weighted by atomic mass is 35.5. The smallest absolute Gasteiger partial charge is 0.181 e. The van der Waals surface area contributed by atoms with Crippen molar-refractivity contribution in [3.05, 3.63) is 63.6 Å². The van der Waals surface area contributed by atoms with Crippen LogP contribution in [0.3, 0.4) is 0 Å². The Bertz CT molecular complexity index is 521. The van der Waals surface area contributed by atoms with E-state index in [-0.39, 0.29) is 12.2 Å². The number of benzene rings is 2. The van der Waals surface area contributed by atoms with Gasteiger partial charge in [-0.3, -0.25) is 0 Å². The molecule has 0 unspecified atom stereocenters. The van der Waals surface area contributed by atoms with Crippen LogP contribution in [0, 0.1) is 11.6 Å². The summed E-state index contributed by atoms with van der Waals surface area (Å²) in [6.45, 7) is 0.264. The largest absolute Gasteiger partial charge is 0.378 e. The molecule has 94 valence electrons.